The van der Waals surface area contributed by atoms with Crippen molar-refractivity contribution in [3.05, 3.63) is 58.9 Å². The van der Waals surface area contributed by atoms with Gasteiger partial charge < -0.3 is 11.1 Å². The van der Waals surface area contributed by atoms with Crippen molar-refractivity contribution in [1.29, 1.82) is 0 Å². The van der Waals surface area contributed by atoms with Gasteiger partial charge in [-0.3, -0.25) is 39.2 Å². The van der Waals surface area contributed by atoms with Gasteiger partial charge in [0.2, 0.25) is 11.8 Å². The summed E-state index contributed by atoms with van der Waals surface area (Å²) in [6.45, 7) is 0.530. The first kappa shape index (κ1) is 22.1. The van der Waals surface area contributed by atoms with E-state index in [1.165, 1.54) is 6.20 Å². The summed E-state index contributed by atoms with van der Waals surface area (Å²) in [4.78, 5) is 66.1. The van der Waals surface area contributed by atoms with Crippen molar-refractivity contribution in [2.24, 2.45) is 5.73 Å². The van der Waals surface area contributed by atoms with E-state index in [1.54, 1.807) is 24.3 Å². The monoisotopic (exact) mass is 449 g/mol. The number of nitrogens with zero attached hydrogens (tertiary/aromatic N) is 2. The van der Waals surface area contributed by atoms with Crippen LogP contribution in [0, 0.1) is 0 Å². The number of rotatable bonds is 8. The van der Waals surface area contributed by atoms with Gasteiger partial charge in [-0.15, -0.1) is 0 Å². The van der Waals surface area contributed by atoms with Gasteiger partial charge in [-0.2, -0.15) is 0 Å². The number of imide groups is 2. The van der Waals surface area contributed by atoms with Crippen LogP contribution in [-0.4, -0.2) is 52.0 Å². The topological polar surface area (TPSA) is 152 Å². The number of pyridine rings is 1. The van der Waals surface area contributed by atoms with Crippen molar-refractivity contribution < 1.29 is 24.0 Å². The molecule has 1 fully saturated rings. The van der Waals surface area contributed by atoms with Gasteiger partial charge in [0.05, 0.1) is 11.1 Å². The molecule has 1 saturated heterocycles. The molecule has 10 nitrogen and oxygen atoms in total. The molecule has 0 aliphatic carbocycles. The summed E-state index contributed by atoms with van der Waals surface area (Å²) in [6.07, 6.45) is 3.82. The van der Waals surface area contributed by atoms with Crippen molar-refractivity contribution >= 4 is 35.2 Å². The number of primary amides is 1. The summed E-state index contributed by atoms with van der Waals surface area (Å²) >= 11 is 0. The Bertz CT molecular complexity index is 1160. The number of amides is 5. The third-order valence-electron chi connectivity index (χ3n) is 5.78. The van der Waals surface area contributed by atoms with Gasteiger partial charge in [0.1, 0.15) is 11.7 Å². The second-order valence-corrected chi connectivity index (χ2v) is 7.93. The molecule has 2 aromatic rings. The number of nitrogens with two attached hydrogens (primary N) is 1. The number of benzene rings is 1. The van der Waals surface area contributed by atoms with Crippen LogP contribution in [-0.2, 0) is 16.0 Å². The highest BCUT2D eigenvalue weighted by Crippen LogP contribution is 2.32. The Labute approximate surface area is 189 Å². The lowest BCUT2D eigenvalue weighted by molar-refractivity contribution is -0.136. The SMILES string of the molecule is NC(=O)c1ncccc1CCCCNc1cccc2c1C(=O)N(C1CCC(=O)NC1=O)C2=O. The minimum atomic E-state index is -0.998. The molecule has 10 heteroatoms. The fourth-order valence-corrected chi connectivity index (χ4v) is 4.19. The quantitative estimate of drug-likeness (QED) is 0.402. The smallest absolute Gasteiger partial charge is 0.267 e. The molecular formula is C23H23N5O5. The fraction of sp³-hybridized carbons (Fsp3) is 0.304. The summed E-state index contributed by atoms with van der Waals surface area (Å²) in [5, 5.41) is 5.39. The standard InChI is InChI=1S/C23H23N5O5/c24-20(30)19-13(6-4-12-26-19)5-1-2-11-25-15-8-3-7-14-18(15)23(33)28(22(14)32)16-9-10-17(29)27-21(16)31/h3-4,6-8,12,16,25H,1-2,5,9-11H2,(H2,24,30)(H,27,29,31). The number of aryl methyl sites for hydroxylation is 1. The maximum absolute atomic E-state index is 13.1. The predicted octanol–water partition coefficient (Wildman–Crippen LogP) is 1.02. The molecule has 33 heavy (non-hydrogen) atoms. The maximum atomic E-state index is 13.1. The molecule has 0 spiro atoms. The highest BCUT2D eigenvalue weighted by molar-refractivity contribution is 6.25. The first-order valence-corrected chi connectivity index (χ1v) is 10.7. The number of nitrogens with one attached hydrogen (secondary N) is 2. The Morgan fingerprint density at radius 2 is 1.94 bits per heavy atom. The number of hydrogen-bond acceptors (Lipinski definition) is 7. The van der Waals surface area contributed by atoms with Crippen LogP contribution in [0.15, 0.2) is 36.5 Å². The predicted molar refractivity (Wildman–Crippen MR) is 117 cm³/mol. The van der Waals surface area contributed by atoms with E-state index >= 15 is 0 Å². The summed E-state index contributed by atoms with van der Waals surface area (Å²) in [5.41, 5.74) is 7.39. The highest BCUT2D eigenvalue weighted by Gasteiger charge is 2.45. The molecule has 5 amide bonds. The fourth-order valence-electron chi connectivity index (χ4n) is 4.19. The van der Waals surface area contributed by atoms with Crippen LogP contribution in [0.4, 0.5) is 5.69 Å². The minimum absolute atomic E-state index is 0.0727. The number of aromatic nitrogens is 1. The third kappa shape index (κ3) is 4.32. The Morgan fingerprint density at radius 1 is 1.12 bits per heavy atom. The molecule has 0 bridgehead atoms. The molecule has 2 aliphatic heterocycles. The number of hydrogen-bond donors (Lipinski definition) is 3. The van der Waals surface area contributed by atoms with Gasteiger partial charge in [0, 0.05) is 24.8 Å². The van der Waals surface area contributed by atoms with Crippen LogP contribution in [0.3, 0.4) is 0 Å². The average Bonchev–Trinajstić information content (AvgIpc) is 3.05. The van der Waals surface area contributed by atoms with Crippen molar-refractivity contribution in [2.45, 2.75) is 38.1 Å². The van der Waals surface area contributed by atoms with E-state index in [1.807, 2.05) is 6.07 Å². The number of fused-ring (bicyclic) bond motifs is 1. The number of carbonyl (C=O) groups is 5. The molecule has 4 N–H and O–H groups in total. The minimum Gasteiger partial charge on any atom is -0.384 e. The van der Waals surface area contributed by atoms with Crippen molar-refractivity contribution in [1.82, 2.24) is 15.2 Å². The van der Waals surface area contributed by atoms with E-state index in [-0.39, 0.29) is 29.7 Å². The van der Waals surface area contributed by atoms with Gasteiger partial charge in [-0.1, -0.05) is 12.1 Å². The van der Waals surface area contributed by atoms with E-state index in [0.717, 1.165) is 23.3 Å². The molecule has 2 aliphatic rings. The number of piperidine rings is 1. The van der Waals surface area contributed by atoms with Crippen molar-refractivity contribution in [3.8, 4) is 0 Å². The molecule has 1 aromatic heterocycles. The Morgan fingerprint density at radius 3 is 2.70 bits per heavy atom. The first-order chi connectivity index (χ1) is 15.9. The summed E-state index contributed by atoms with van der Waals surface area (Å²) in [5.74, 6) is -2.70. The van der Waals surface area contributed by atoms with E-state index in [2.05, 4.69) is 15.6 Å². The maximum Gasteiger partial charge on any atom is 0.267 e. The summed E-state index contributed by atoms with van der Waals surface area (Å²) in [7, 11) is 0. The second-order valence-electron chi connectivity index (χ2n) is 7.93. The van der Waals surface area contributed by atoms with Crippen LogP contribution in [0.1, 0.15) is 62.5 Å². The lowest BCUT2D eigenvalue weighted by atomic mass is 10.0. The van der Waals surface area contributed by atoms with Crippen molar-refractivity contribution in [3.63, 3.8) is 0 Å². The van der Waals surface area contributed by atoms with Gasteiger partial charge in [-0.25, -0.2) is 0 Å². The van der Waals surface area contributed by atoms with Gasteiger partial charge >= 0.3 is 0 Å². The molecule has 1 aromatic carbocycles. The third-order valence-corrected chi connectivity index (χ3v) is 5.78. The van der Waals surface area contributed by atoms with E-state index < -0.39 is 35.6 Å². The molecular weight excluding hydrogens is 426 g/mol. The van der Waals surface area contributed by atoms with Crippen LogP contribution in [0.2, 0.25) is 0 Å². The van der Waals surface area contributed by atoms with E-state index in [9.17, 15) is 24.0 Å². The molecule has 1 unspecified atom stereocenters. The van der Waals surface area contributed by atoms with E-state index in [4.69, 9.17) is 5.73 Å². The molecule has 0 radical (unpaired) electrons. The van der Waals surface area contributed by atoms with E-state index in [0.29, 0.717) is 18.7 Å². The molecule has 1 atom stereocenters. The van der Waals surface area contributed by atoms with Crippen LogP contribution in [0.25, 0.3) is 0 Å². The summed E-state index contributed by atoms with van der Waals surface area (Å²) in [6, 6.07) is 7.52. The highest BCUT2D eigenvalue weighted by atomic mass is 16.2. The number of carbonyl (C=O) groups excluding carboxylic acids is 5. The second kappa shape index (κ2) is 9.19. The first-order valence-electron chi connectivity index (χ1n) is 10.7. The zero-order valence-electron chi connectivity index (χ0n) is 17.8. The zero-order valence-corrected chi connectivity index (χ0v) is 17.8. The Balaban J connectivity index is 1.40. The van der Waals surface area contributed by atoms with Gasteiger partial charge in [0.25, 0.3) is 17.7 Å². The molecule has 0 saturated carbocycles. The van der Waals surface area contributed by atoms with Crippen LogP contribution < -0.4 is 16.4 Å². The molecule has 4 rings (SSSR count). The Hall–Kier alpha value is -4.08. The zero-order chi connectivity index (χ0) is 23.5. The Kier molecular flexibility index (Phi) is 6.16. The lowest BCUT2D eigenvalue weighted by Gasteiger charge is -2.27. The average molecular weight is 449 g/mol. The molecule has 170 valence electrons. The number of unbranched alkanes of at least 4 members (excludes halogenated alkanes) is 1. The lowest BCUT2D eigenvalue weighted by Crippen LogP contribution is -2.54. The largest absolute Gasteiger partial charge is 0.384 e. The summed E-state index contributed by atoms with van der Waals surface area (Å²) < 4.78 is 0. The number of anilines is 1. The van der Waals surface area contributed by atoms with Crippen LogP contribution in [0.5, 0.6) is 0 Å². The normalized spacial score (nSPS) is 17.7. The van der Waals surface area contributed by atoms with Gasteiger partial charge in [-0.05, 0) is 49.4 Å². The van der Waals surface area contributed by atoms with Crippen molar-refractivity contribution in [2.75, 3.05) is 11.9 Å². The molecule has 3 heterocycles. The van der Waals surface area contributed by atoms with Crippen LogP contribution >= 0.6 is 0 Å². The van der Waals surface area contributed by atoms with Gasteiger partial charge in [0.15, 0.2) is 0 Å².